The number of allylic oxidation sites excluding steroid dienone is 1. The van der Waals surface area contributed by atoms with Crippen LogP contribution in [-0.2, 0) is 9.59 Å². The molecule has 2 fully saturated rings. The Morgan fingerprint density at radius 2 is 2.22 bits per heavy atom. The average molecular weight is 244 g/mol. The third-order valence-corrected chi connectivity index (χ3v) is 4.97. The van der Waals surface area contributed by atoms with Gasteiger partial charge in [-0.05, 0) is 44.1 Å². The molecule has 3 rings (SSSR count). The molecule has 1 unspecified atom stereocenters. The van der Waals surface area contributed by atoms with E-state index in [1.807, 2.05) is 0 Å². The second kappa shape index (κ2) is 3.55. The number of hydrogen-bond donors (Lipinski definition) is 1. The van der Waals surface area contributed by atoms with Crippen LogP contribution in [0.15, 0.2) is 11.6 Å². The number of aliphatic hydroxyl groups is 1. The first-order valence-corrected chi connectivity index (χ1v) is 6.48. The van der Waals surface area contributed by atoms with Crippen LogP contribution in [-0.4, -0.2) is 22.8 Å². The molecule has 0 heterocycles. The zero-order chi connectivity index (χ0) is 13.0. The summed E-state index contributed by atoms with van der Waals surface area (Å²) in [6.07, 6.45) is 11.5. The normalized spacial score (nSPS) is 43.0. The molecule has 0 aromatic heterocycles. The molecule has 1 N–H and O–H groups in total. The minimum absolute atomic E-state index is 0.127. The first kappa shape index (κ1) is 11.7. The topological polar surface area (TPSA) is 54.4 Å². The molecule has 3 heteroatoms. The lowest BCUT2D eigenvalue weighted by Crippen LogP contribution is -2.49. The molecule has 0 saturated heterocycles. The molecular weight excluding hydrogens is 228 g/mol. The molecule has 3 atom stereocenters. The third-order valence-electron chi connectivity index (χ3n) is 4.97. The molecule has 3 aliphatic carbocycles. The largest absolute Gasteiger partial charge is 0.377 e. The molecule has 0 aromatic carbocycles. The summed E-state index contributed by atoms with van der Waals surface area (Å²) < 4.78 is 0. The van der Waals surface area contributed by atoms with Gasteiger partial charge in [0.2, 0.25) is 0 Å². The van der Waals surface area contributed by atoms with Crippen LogP contribution in [0.1, 0.15) is 32.1 Å². The maximum atomic E-state index is 11.8. The van der Waals surface area contributed by atoms with Crippen LogP contribution in [0.2, 0.25) is 0 Å². The Morgan fingerprint density at radius 1 is 1.50 bits per heavy atom. The second-order valence-electron chi connectivity index (χ2n) is 5.77. The molecule has 2 saturated carbocycles. The van der Waals surface area contributed by atoms with Gasteiger partial charge in [0, 0.05) is 5.41 Å². The zero-order valence-electron chi connectivity index (χ0n) is 10.2. The van der Waals surface area contributed by atoms with Crippen molar-refractivity contribution in [2.24, 2.45) is 17.3 Å². The van der Waals surface area contributed by atoms with Gasteiger partial charge in [0.1, 0.15) is 11.9 Å². The number of ketones is 1. The van der Waals surface area contributed by atoms with Gasteiger partial charge >= 0.3 is 0 Å². The highest BCUT2D eigenvalue weighted by Gasteiger charge is 2.64. The van der Waals surface area contributed by atoms with Crippen molar-refractivity contribution in [1.82, 2.24) is 0 Å². The van der Waals surface area contributed by atoms with Crippen molar-refractivity contribution in [1.29, 1.82) is 0 Å². The Hall–Kier alpha value is -1.40. The van der Waals surface area contributed by atoms with Crippen LogP contribution >= 0.6 is 0 Å². The SMILES string of the molecule is C#C[C@]1(O)CCC2=CC(=O)C(C=O)C[C@@]21C1CC1. The van der Waals surface area contributed by atoms with Crippen molar-refractivity contribution in [2.75, 3.05) is 0 Å². The molecule has 0 bridgehead atoms. The summed E-state index contributed by atoms with van der Waals surface area (Å²) in [6.45, 7) is 0. The van der Waals surface area contributed by atoms with Crippen molar-refractivity contribution in [3.05, 3.63) is 11.6 Å². The first-order valence-electron chi connectivity index (χ1n) is 6.48. The lowest BCUT2D eigenvalue weighted by Gasteiger charge is -2.44. The molecular formula is C15H16O3. The van der Waals surface area contributed by atoms with E-state index < -0.39 is 16.9 Å². The Morgan fingerprint density at radius 3 is 2.78 bits per heavy atom. The minimum Gasteiger partial charge on any atom is -0.377 e. The van der Waals surface area contributed by atoms with Crippen LogP contribution in [0, 0.1) is 29.6 Å². The van der Waals surface area contributed by atoms with E-state index in [0.717, 1.165) is 18.4 Å². The number of carbonyl (C=O) groups is 2. The first-order chi connectivity index (χ1) is 8.57. The predicted octanol–water partition coefficient (Wildman–Crippen LogP) is 1.26. The van der Waals surface area contributed by atoms with Gasteiger partial charge < -0.3 is 9.90 Å². The molecule has 0 amide bonds. The fourth-order valence-electron chi connectivity index (χ4n) is 3.91. The fraction of sp³-hybridized carbons (Fsp3) is 0.600. The van der Waals surface area contributed by atoms with Gasteiger partial charge in [0.15, 0.2) is 5.78 Å². The summed E-state index contributed by atoms with van der Waals surface area (Å²) >= 11 is 0. The van der Waals surface area contributed by atoms with E-state index in [-0.39, 0.29) is 5.78 Å². The second-order valence-corrected chi connectivity index (χ2v) is 5.77. The highest BCUT2D eigenvalue weighted by molar-refractivity contribution is 6.02. The fourth-order valence-corrected chi connectivity index (χ4v) is 3.91. The van der Waals surface area contributed by atoms with E-state index in [9.17, 15) is 14.7 Å². The van der Waals surface area contributed by atoms with E-state index in [0.29, 0.717) is 31.5 Å². The maximum Gasteiger partial charge on any atom is 0.165 e. The number of terminal acetylenes is 1. The van der Waals surface area contributed by atoms with Crippen molar-refractivity contribution >= 4 is 12.1 Å². The Labute approximate surface area is 106 Å². The third kappa shape index (κ3) is 1.24. The van der Waals surface area contributed by atoms with Crippen molar-refractivity contribution in [3.63, 3.8) is 0 Å². The summed E-state index contributed by atoms with van der Waals surface area (Å²) in [5.41, 5.74) is -0.711. The van der Waals surface area contributed by atoms with Gasteiger partial charge in [-0.15, -0.1) is 6.42 Å². The number of rotatable bonds is 2. The molecule has 3 nitrogen and oxygen atoms in total. The van der Waals surface area contributed by atoms with Gasteiger partial charge in [-0.1, -0.05) is 11.5 Å². The van der Waals surface area contributed by atoms with Crippen LogP contribution in [0.4, 0.5) is 0 Å². The van der Waals surface area contributed by atoms with Gasteiger partial charge in [0.25, 0.3) is 0 Å². The summed E-state index contributed by atoms with van der Waals surface area (Å²) in [5.74, 6) is 2.13. The van der Waals surface area contributed by atoms with E-state index >= 15 is 0 Å². The number of fused-ring (bicyclic) bond motifs is 1. The summed E-state index contributed by atoms with van der Waals surface area (Å²) in [5, 5.41) is 10.8. The number of aldehydes is 1. The van der Waals surface area contributed by atoms with Crippen LogP contribution in [0.5, 0.6) is 0 Å². The Kier molecular flexibility index (Phi) is 2.30. The molecule has 18 heavy (non-hydrogen) atoms. The monoisotopic (exact) mass is 244 g/mol. The molecule has 0 spiro atoms. The molecule has 0 aliphatic heterocycles. The van der Waals surface area contributed by atoms with E-state index in [4.69, 9.17) is 6.42 Å². The van der Waals surface area contributed by atoms with Gasteiger partial charge in [-0.3, -0.25) is 4.79 Å². The lowest BCUT2D eigenvalue weighted by atomic mass is 9.61. The van der Waals surface area contributed by atoms with E-state index in [1.54, 1.807) is 6.08 Å². The van der Waals surface area contributed by atoms with Crippen LogP contribution < -0.4 is 0 Å². The highest BCUT2D eigenvalue weighted by Crippen LogP contribution is 2.65. The quantitative estimate of drug-likeness (QED) is 0.452. The minimum atomic E-state index is -1.18. The standard InChI is InChI=1S/C15H16O3/c1-2-14(18)6-5-12-7-13(17)10(9-16)8-15(12,14)11-3-4-11/h1,7,9-11,18H,3-6,8H2/t10?,14-,15+/m0/s1. The average Bonchev–Trinajstić information content (AvgIpc) is 3.17. The zero-order valence-corrected chi connectivity index (χ0v) is 10.2. The number of hydrogen-bond acceptors (Lipinski definition) is 3. The molecule has 0 aromatic rings. The Bertz CT molecular complexity index is 494. The molecule has 3 aliphatic rings. The smallest absolute Gasteiger partial charge is 0.165 e. The Balaban J connectivity index is 2.14. The van der Waals surface area contributed by atoms with Crippen molar-refractivity contribution < 1.29 is 14.7 Å². The summed E-state index contributed by atoms with van der Waals surface area (Å²) in [7, 11) is 0. The van der Waals surface area contributed by atoms with E-state index in [2.05, 4.69) is 5.92 Å². The lowest BCUT2D eigenvalue weighted by molar-refractivity contribution is -0.128. The summed E-state index contributed by atoms with van der Waals surface area (Å²) in [4.78, 5) is 22.9. The van der Waals surface area contributed by atoms with Gasteiger partial charge in [-0.25, -0.2) is 0 Å². The van der Waals surface area contributed by atoms with E-state index in [1.165, 1.54) is 0 Å². The highest BCUT2D eigenvalue weighted by atomic mass is 16.3. The molecule has 94 valence electrons. The van der Waals surface area contributed by atoms with Crippen molar-refractivity contribution in [3.8, 4) is 12.3 Å². The van der Waals surface area contributed by atoms with Gasteiger partial charge in [0.05, 0.1) is 5.92 Å². The van der Waals surface area contributed by atoms with Crippen LogP contribution in [0.3, 0.4) is 0 Å². The van der Waals surface area contributed by atoms with Gasteiger partial charge in [-0.2, -0.15) is 0 Å². The van der Waals surface area contributed by atoms with Crippen LogP contribution in [0.25, 0.3) is 0 Å². The van der Waals surface area contributed by atoms with Crippen molar-refractivity contribution in [2.45, 2.75) is 37.7 Å². The summed E-state index contributed by atoms with van der Waals surface area (Å²) in [6, 6.07) is 0. The predicted molar refractivity (Wildman–Crippen MR) is 65.4 cm³/mol. The molecule has 0 radical (unpaired) electrons. The number of carbonyl (C=O) groups excluding carboxylic acids is 2. The maximum absolute atomic E-state index is 11.8.